The standard InChI is InChI=1S/C26H25F3N/c1-16-14-17(2)18(3)24(15-16)25-23-9-8-20-19(10-12-26(27,28)29)6-5-7-21(20)22(23)11-13-30(25)4/h5-9,11,13-15H,10,12H2,1-4H3/q+1. The summed E-state index contributed by atoms with van der Waals surface area (Å²) in [6, 6.07) is 16.2. The lowest BCUT2D eigenvalue weighted by atomic mass is 9.92. The molecule has 0 spiro atoms. The van der Waals surface area contributed by atoms with Crippen molar-refractivity contribution < 1.29 is 17.7 Å². The quantitative estimate of drug-likeness (QED) is 0.256. The van der Waals surface area contributed by atoms with Gasteiger partial charge in [-0.15, -0.1) is 0 Å². The smallest absolute Gasteiger partial charge is 0.200 e. The molecule has 0 aliphatic rings. The van der Waals surface area contributed by atoms with Crippen LogP contribution in [0.2, 0.25) is 0 Å². The van der Waals surface area contributed by atoms with Gasteiger partial charge in [0.1, 0.15) is 7.05 Å². The summed E-state index contributed by atoms with van der Waals surface area (Å²) in [6.45, 7) is 6.36. The lowest BCUT2D eigenvalue weighted by Crippen LogP contribution is -2.30. The van der Waals surface area contributed by atoms with E-state index < -0.39 is 12.6 Å². The average Bonchev–Trinajstić information content (AvgIpc) is 2.68. The SMILES string of the molecule is Cc1cc(C)c(C)c(-c2c3ccc4c(CCC(F)(F)F)cccc4c3cc[n+]2C)c1. The fourth-order valence-electron chi connectivity index (χ4n) is 4.40. The molecule has 1 heterocycles. The number of aromatic nitrogens is 1. The zero-order valence-electron chi connectivity index (χ0n) is 17.7. The van der Waals surface area contributed by atoms with Gasteiger partial charge in [-0.25, -0.2) is 4.57 Å². The van der Waals surface area contributed by atoms with Crippen LogP contribution in [0.25, 0.3) is 32.8 Å². The third-order valence-corrected chi connectivity index (χ3v) is 6.01. The van der Waals surface area contributed by atoms with Gasteiger partial charge in [-0.3, -0.25) is 0 Å². The molecule has 1 aromatic heterocycles. The first-order valence-electron chi connectivity index (χ1n) is 10.1. The molecular formula is C26H25F3N+. The lowest BCUT2D eigenvalue weighted by Gasteiger charge is -2.14. The van der Waals surface area contributed by atoms with Crippen LogP contribution in [-0.2, 0) is 13.5 Å². The van der Waals surface area contributed by atoms with Crippen LogP contribution in [0, 0.1) is 20.8 Å². The van der Waals surface area contributed by atoms with E-state index in [9.17, 15) is 13.2 Å². The lowest BCUT2D eigenvalue weighted by molar-refractivity contribution is -0.659. The van der Waals surface area contributed by atoms with Gasteiger partial charge in [0.15, 0.2) is 6.20 Å². The van der Waals surface area contributed by atoms with Crippen molar-refractivity contribution in [2.75, 3.05) is 0 Å². The Balaban J connectivity index is 1.97. The second-order valence-corrected chi connectivity index (χ2v) is 8.18. The number of alkyl halides is 3. The zero-order valence-corrected chi connectivity index (χ0v) is 17.7. The summed E-state index contributed by atoms with van der Waals surface area (Å²) in [5.74, 6) is 0. The van der Waals surface area contributed by atoms with Crippen LogP contribution in [-0.4, -0.2) is 6.18 Å². The summed E-state index contributed by atoms with van der Waals surface area (Å²) in [4.78, 5) is 0. The largest absolute Gasteiger partial charge is 0.389 e. The molecule has 1 nitrogen and oxygen atoms in total. The van der Waals surface area contributed by atoms with E-state index >= 15 is 0 Å². The molecule has 4 heteroatoms. The summed E-state index contributed by atoms with van der Waals surface area (Å²) >= 11 is 0. The molecular weight excluding hydrogens is 383 g/mol. The highest BCUT2D eigenvalue weighted by atomic mass is 19.4. The Bertz CT molecular complexity index is 1270. The number of aryl methyl sites for hydroxylation is 4. The zero-order chi connectivity index (χ0) is 21.6. The minimum atomic E-state index is -4.15. The van der Waals surface area contributed by atoms with Gasteiger partial charge >= 0.3 is 6.18 Å². The number of nitrogens with zero attached hydrogens (tertiary/aromatic N) is 1. The highest BCUT2D eigenvalue weighted by molar-refractivity contribution is 6.11. The van der Waals surface area contributed by atoms with Crippen molar-refractivity contribution in [2.24, 2.45) is 7.05 Å². The molecule has 30 heavy (non-hydrogen) atoms. The average molecular weight is 408 g/mol. The van der Waals surface area contributed by atoms with Crippen molar-refractivity contribution in [2.45, 2.75) is 39.8 Å². The normalized spacial score (nSPS) is 12.1. The number of hydrogen-bond acceptors (Lipinski definition) is 0. The predicted octanol–water partition coefficient (Wildman–Crippen LogP) is 6.90. The highest BCUT2D eigenvalue weighted by Crippen LogP contribution is 2.35. The first kappa shape index (κ1) is 20.4. The van der Waals surface area contributed by atoms with E-state index in [0.29, 0.717) is 0 Å². The molecule has 0 unspecified atom stereocenters. The number of fused-ring (bicyclic) bond motifs is 3. The van der Waals surface area contributed by atoms with Crippen molar-refractivity contribution in [1.82, 2.24) is 0 Å². The van der Waals surface area contributed by atoms with Crippen molar-refractivity contribution >= 4 is 21.5 Å². The Labute approximate surface area is 174 Å². The van der Waals surface area contributed by atoms with Crippen LogP contribution in [0.4, 0.5) is 13.2 Å². The summed E-state index contributed by atoms with van der Waals surface area (Å²) in [6.07, 6.45) is -2.92. The molecule has 4 rings (SSSR count). The molecule has 0 aliphatic carbocycles. The van der Waals surface area contributed by atoms with Gasteiger partial charge < -0.3 is 0 Å². The molecule has 3 aromatic carbocycles. The van der Waals surface area contributed by atoms with Crippen LogP contribution >= 0.6 is 0 Å². The van der Waals surface area contributed by atoms with E-state index in [4.69, 9.17) is 0 Å². The summed E-state index contributed by atoms with van der Waals surface area (Å²) in [7, 11) is 2.04. The summed E-state index contributed by atoms with van der Waals surface area (Å²) in [5, 5.41) is 4.06. The molecule has 154 valence electrons. The van der Waals surface area contributed by atoms with Crippen molar-refractivity contribution in [3.05, 3.63) is 77.0 Å². The van der Waals surface area contributed by atoms with Gasteiger partial charge in [-0.2, -0.15) is 13.2 Å². The fraction of sp³-hybridized carbons (Fsp3) is 0.269. The molecule has 0 saturated carbocycles. The molecule has 4 aromatic rings. The number of benzene rings is 3. The second-order valence-electron chi connectivity index (χ2n) is 8.18. The minimum absolute atomic E-state index is 0.00397. The minimum Gasteiger partial charge on any atom is -0.200 e. The van der Waals surface area contributed by atoms with E-state index in [1.807, 2.05) is 31.4 Å². The van der Waals surface area contributed by atoms with Gasteiger partial charge in [0, 0.05) is 17.9 Å². The molecule has 0 radical (unpaired) electrons. The van der Waals surface area contributed by atoms with Gasteiger partial charge in [-0.05, 0) is 66.8 Å². The molecule has 0 aliphatic heterocycles. The van der Waals surface area contributed by atoms with Crippen molar-refractivity contribution in [3.63, 3.8) is 0 Å². The fourth-order valence-corrected chi connectivity index (χ4v) is 4.40. The highest BCUT2D eigenvalue weighted by Gasteiger charge is 2.27. The monoisotopic (exact) mass is 408 g/mol. The molecule has 0 atom stereocenters. The maximum Gasteiger partial charge on any atom is 0.389 e. The van der Waals surface area contributed by atoms with E-state index in [-0.39, 0.29) is 6.42 Å². The van der Waals surface area contributed by atoms with Gasteiger partial charge in [0.25, 0.3) is 0 Å². The maximum absolute atomic E-state index is 12.8. The van der Waals surface area contributed by atoms with Crippen LogP contribution in [0.5, 0.6) is 0 Å². The Kier molecular flexibility index (Phi) is 5.05. The number of rotatable bonds is 3. The summed E-state index contributed by atoms with van der Waals surface area (Å²) in [5.41, 5.74) is 6.75. The van der Waals surface area contributed by atoms with Crippen LogP contribution in [0.1, 0.15) is 28.7 Å². The van der Waals surface area contributed by atoms with Crippen LogP contribution in [0.15, 0.2) is 54.7 Å². The Hall–Kier alpha value is -2.88. The third-order valence-electron chi connectivity index (χ3n) is 6.01. The Morgan fingerprint density at radius 2 is 1.53 bits per heavy atom. The van der Waals surface area contributed by atoms with Crippen molar-refractivity contribution in [1.29, 1.82) is 0 Å². The number of pyridine rings is 1. The van der Waals surface area contributed by atoms with Crippen LogP contribution < -0.4 is 4.57 Å². The van der Waals surface area contributed by atoms with Gasteiger partial charge in [-0.1, -0.05) is 35.9 Å². The Morgan fingerprint density at radius 3 is 2.27 bits per heavy atom. The molecule has 0 fully saturated rings. The second kappa shape index (κ2) is 7.42. The molecule has 0 amide bonds. The van der Waals surface area contributed by atoms with E-state index in [2.05, 4.69) is 49.6 Å². The molecule has 0 saturated heterocycles. The molecule has 0 bridgehead atoms. The van der Waals surface area contributed by atoms with E-state index in [1.165, 1.54) is 22.3 Å². The van der Waals surface area contributed by atoms with Gasteiger partial charge in [0.2, 0.25) is 5.69 Å². The van der Waals surface area contributed by atoms with Crippen molar-refractivity contribution in [3.8, 4) is 11.3 Å². The van der Waals surface area contributed by atoms with E-state index in [1.54, 1.807) is 6.07 Å². The van der Waals surface area contributed by atoms with Crippen LogP contribution in [0.3, 0.4) is 0 Å². The third kappa shape index (κ3) is 3.67. The van der Waals surface area contributed by atoms with Gasteiger partial charge in [0.05, 0.1) is 10.9 Å². The number of hydrogen-bond donors (Lipinski definition) is 0. The Morgan fingerprint density at radius 1 is 0.833 bits per heavy atom. The maximum atomic E-state index is 12.8. The summed E-state index contributed by atoms with van der Waals surface area (Å²) < 4.78 is 40.5. The molecule has 0 N–H and O–H groups in total. The van der Waals surface area contributed by atoms with E-state index in [0.717, 1.165) is 32.8 Å². The predicted molar refractivity (Wildman–Crippen MR) is 117 cm³/mol. The first-order valence-corrected chi connectivity index (χ1v) is 10.1. The first-order chi connectivity index (χ1) is 14.2. The number of halogens is 3. The topological polar surface area (TPSA) is 3.88 Å².